The average molecular weight is 301 g/mol. The van der Waals surface area contributed by atoms with Crippen molar-refractivity contribution in [2.24, 2.45) is 0 Å². The lowest BCUT2D eigenvalue weighted by Crippen LogP contribution is -2.39. The number of nitrogens with one attached hydrogen (secondary N) is 1. The van der Waals surface area contributed by atoms with Gasteiger partial charge in [-0.2, -0.15) is 0 Å². The minimum atomic E-state index is 0.0779. The molecule has 2 aromatic heterocycles. The van der Waals surface area contributed by atoms with Crippen LogP contribution < -0.4 is 5.32 Å². The first-order valence-corrected chi connectivity index (χ1v) is 7.83. The minimum absolute atomic E-state index is 0.0779. The highest BCUT2D eigenvalue weighted by Gasteiger charge is 2.20. The molecular weight excluding hydrogens is 278 g/mol. The van der Waals surface area contributed by atoms with E-state index >= 15 is 0 Å². The second kappa shape index (κ2) is 6.89. The Hall–Kier alpha value is -1.92. The highest BCUT2D eigenvalue weighted by Crippen LogP contribution is 2.20. The maximum atomic E-state index is 9.30. The van der Waals surface area contributed by atoms with Gasteiger partial charge in [-0.1, -0.05) is 6.08 Å². The molecule has 3 heterocycles. The van der Waals surface area contributed by atoms with E-state index in [1.165, 1.54) is 0 Å². The van der Waals surface area contributed by atoms with Crippen molar-refractivity contribution in [3.63, 3.8) is 0 Å². The third kappa shape index (κ3) is 3.13. The van der Waals surface area contributed by atoms with Crippen LogP contribution in [0.2, 0.25) is 0 Å². The summed E-state index contributed by atoms with van der Waals surface area (Å²) in [5.74, 6) is 0.810. The number of aliphatic hydroxyl groups is 1. The number of rotatable bonds is 6. The molecule has 1 aliphatic heterocycles. The zero-order valence-electron chi connectivity index (χ0n) is 12.8. The molecule has 2 N–H and O–H groups in total. The van der Waals surface area contributed by atoms with Gasteiger partial charge in [-0.25, -0.2) is 9.97 Å². The van der Waals surface area contributed by atoms with Gasteiger partial charge in [0.2, 0.25) is 5.95 Å². The Bertz CT molecular complexity index is 630. The lowest BCUT2D eigenvalue weighted by molar-refractivity contribution is 0.239. The first-order chi connectivity index (χ1) is 10.8. The number of fused-ring (bicyclic) bond motifs is 1. The SMILES string of the molecule is C=CCN1CCC(Nc2nc3cccnc3n2CCO)CC1. The molecule has 2 aromatic rings. The van der Waals surface area contributed by atoms with E-state index in [-0.39, 0.29) is 6.61 Å². The third-order valence-corrected chi connectivity index (χ3v) is 4.14. The lowest BCUT2D eigenvalue weighted by Gasteiger charge is -2.31. The van der Waals surface area contributed by atoms with Crippen LogP contribution in [0.15, 0.2) is 31.0 Å². The maximum Gasteiger partial charge on any atom is 0.205 e. The molecule has 0 saturated carbocycles. The van der Waals surface area contributed by atoms with Gasteiger partial charge < -0.3 is 10.4 Å². The molecule has 1 fully saturated rings. The van der Waals surface area contributed by atoms with Gasteiger partial charge in [0.05, 0.1) is 13.2 Å². The van der Waals surface area contributed by atoms with Crippen LogP contribution >= 0.6 is 0 Å². The molecule has 0 unspecified atom stereocenters. The molecular formula is C16H23N5O. The molecule has 3 rings (SSSR count). The van der Waals surface area contributed by atoms with Crippen LogP contribution in [0.25, 0.3) is 11.2 Å². The zero-order valence-corrected chi connectivity index (χ0v) is 12.8. The Morgan fingerprint density at radius 1 is 1.41 bits per heavy atom. The zero-order chi connectivity index (χ0) is 15.4. The maximum absolute atomic E-state index is 9.30. The van der Waals surface area contributed by atoms with Crippen LogP contribution in [0, 0.1) is 0 Å². The fraction of sp³-hybridized carbons (Fsp3) is 0.500. The van der Waals surface area contributed by atoms with E-state index in [0.29, 0.717) is 12.6 Å². The normalized spacial score (nSPS) is 17.0. The van der Waals surface area contributed by atoms with Gasteiger partial charge in [-0.15, -0.1) is 6.58 Å². The number of aliphatic hydroxyl groups excluding tert-OH is 1. The number of likely N-dealkylation sites (tertiary alicyclic amines) is 1. The fourth-order valence-electron chi connectivity index (χ4n) is 3.01. The smallest absolute Gasteiger partial charge is 0.205 e. The van der Waals surface area contributed by atoms with Gasteiger partial charge in [0.25, 0.3) is 0 Å². The Morgan fingerprint density at radius 3 is 2.95 bits per heavy atom. The number of anilines is 1. The molecule has 1 saturated heterocycles. The molecule has 0 spiro atoms. The largest absolute Gasteiger partial charge is 0.395 e. The van der Waals surface area contributed by atoms with Crippen LogP contribution in [0.1, 0.15) is 12.8 Å². The first kappa shape index (κ1) is 15.0. The van der Waals surface area contributed by atoms with Gasteiger partial charge in [0.15, 0.2) is 5.65 Å². The quantitative estimate of drug-likeness (QED) is 0.791. The summed E-state index contributed by atoms with van der Waals surface area (Å²) in [6.07, 6.45) is 5.89. The third-order valence-electron chi connectivity index (χ3n) is 4.14. The summed E-state index contributed by atoms with van der Waals surface area (Å²) in [7, 11) is 0. The molecule has 6 heteroatoms. The summed E-state index contributed by atoms with van der Waals surface area (Å²) in [6.45, 7) is 7.48. The van der Waals surface area contributed by atoms with Crippen LogP contribution in [0.3, 0.4) is 0 Å². The highest BCUT2D eigenvalue weighted by atomic mass is 16.3. The summed E-state index contributed by atoms with van der Waals surface area (Å²) >= 11 is 0. The first-order valence-electron chi connectivity index (χ1n) is 7.83. The van der Waals surface area contributed by atoms with Crippen molar-refractivity contribution >= 4 is 17.1 Å². The molecule has 0 aliphatic carbocycles. The summed E-state index contributed by atoms with van der Waals surface area (Å²) in [5.41, 5.74) is 1.69. The van der Waals surface area contributed by atoms with Crippen molar-refractivity contribution in [3.8, 4) is 0 Å². The predicted molar refractivity (Wildman–Crippen MR) is 87.9 cm³/mol. The number of imidazole rings is 1. The van der Waals surface area contributed by atoms with Crippen LogP contribution in [-0.4, -0.2) is 56.8 Å². The van der Waals surface area contributed by atoms with Crippen LogP contribution in [-0.2, 0) is 6.54 Å². The standard InChI is InChI=1S/C16H23N5O/c1-2-8-20-9-5-13(6-10-20)18-16-19-14-4-3-7-17-15(14)21(16)11-12-22/h2-4,7,13,22H,1,5-6,8-12H2,(H,18,19). The molecule has 0 atom stereocenters. The second-order valence-corrected chi connectivity index (χ2v) is 5.66. The minimum Gasteiger partial charge on any atom is -0.395 e. The molecule has 0 bridgehead atoms. The molecule has 118 valence electrons. The summed E-state index contributed by atoms with van der Waals surface area (Å²) in [4.78, 5) is 11.4. The Labute approximate surface area is 130 Å². The van der Waals surface area contributed by atoms with Gasteiger partial charge in [-0.3, -0.25) is 9.47 Å². The number of hydrogen-bond donors (Lipinski definition) is 2. The van der Waals surface area contributed by atoms with Gasteiger partial charge in [0, 0.05) is 31.9 Å². The van der Waals surface area contributed by atoms with Crippen LogP contribution in [0.4, 0.5) is 5.95 Å². The van der Waals surface area contributed by atoms with E-state index in [1.54, 1.807) is 6.20 Å². The number of piperidine rings is 1. The van der Waals surface area contributed by atoms with Crippen molar-refractivity contribution in [2.75, 3.05) is 31.6 Å². The average Bonchev–Trinajstić information content (AvgIpc) is 2.88. The summed E-state index contributed by atoms with van der Waals surface area (Å²) < 4.78 is 1.96. The fourth-order valence-corrected chi connectivity index (χ4v) is 3.01. The van der Waals surface area contributed by atoms with E-state index in [4.69, 9.17) is 0 Å². The van der Waals surface area contributed by atoms with Gasteiger partial charge >= 0.3 is 0 Å². The molecule has 6 nitrogen and oxygen atoms in total. The number of nitrogens with zero attached hydrogens (tertiary/aromatic N) is 4. The van der Waals surface area contributed by atoms with E-state index in [2.05, 4.69) is 26.8 Å². The molecule has 0 radical (unpaired) electrons. The van der Waals surface area contributed by atoms with E-state index in [1.807, 2.05) is 22.8 Å². The number of hydrogen-bond acceptors (Lipinski definition) is 5. The topological polar surface area (TPSA) is 66.2 Å². The van der Waals surface area contributed by atoms with Crippen molar-refractivity contribution < 1.29 is 5.11 Å². The molecule has 1 aliphatic rings. The highest BCUT2D eigenvalue weighted by molar-refractivity contribution is 5.74. The lowest BCUT2D eigenvalue weighted by atomic mass is 10.1. The second-order valence-electron chi connectivity index (χ2n) is 5.66. The Morgan fingerprint density at radius 2 is 2.23 bits per heavy atom. The molecule has 0 amide bonds. The number of pyridine rings is 1. The Balaban J connectivity index is 1.73. The van der Waals surface area contributed by atoms with Crippen molar-refractivity contribution in [3.05, 3.63) is 31.0 Å². The van der Waals surface area contributed by atoms with E-state index < -0.39 is 0 Å². The monoisotopic (exact) mass is 301 g/mol. The molecule has 0 aromatic carbocycles. The van der Waals surface area contributed by atoms with E-state index in [9.17, 15) is 5.11 Å². The van der Waals surface area contributed by atoms with E-state index in [0.717, 1.165) is 49.6 Å². The summed E-state index contributed by atoms with van der Waals surface area (Å²) in [6, 6.07) is 4.25. The predicted octanol–water partition coefficient (Wildman–Crippen LogP) is 1.49. The van der Waals surface area contributed by atoms with Crippen molar-refractivity contribution in [1.29, 1.82) is 0 Å². The Kier molecular flexibility index (Phi) is 4.70. The van der Waals surface area contributed by atoms with Crippen molar-refractivity contribution in [1.82, 2.24) is 19.4 Å². The van der Waals surface area contributed by atoms with Gasteiger partial charge in [-0.05, 0) is 25.0 Å². The van der Waals surface area contributed by atoms with Crippen LogP contribution in [0.5, 0.6) is 0 Å². The molecule has 22 heavy (non-hydrogen) atoms. The number of aromatic nitrogens is 3. The van der Waals surface area contributed by atoms with Crippen molar-refractivity contribution in [2.45, 2.75) is 25.4 Å². The van der Waals surface area contributed by atoms with Gasteiger partial charge in [0.1, 0.15) is 5.52 Å². The summed E-state index contributed by atoms with van der Waals surface area (Å²) in [5, 5.41) is 12.8.